The van der Waals surface area contributed by atoms with Gasteiger partial charge in [-0.05, 0) is 30.4 Å². The number of piperidine rings is 1. The van der Waals surface area contributed by atoms with Crippen LogP contribution in [-0.2, 0) is 0 Å². The largest absolute Gasteiger partial charge is 0.465 e. The number of hydrogen-bond acceptors (Lipinski definition) is 3. The molecule has 0 saturated carbocycles. The molecule has 5 N–H and O–H groups in total. The van der Waals surface area contributed by atoms with Crippen molar-refractivity contribution in [3.63, 3.8) is 0 Å². The van der Waals surface area contributed by atoms with Gasteiger partial charge in [0, 0.05) is 13.1 Å². The highest BCUT2D eigenvalue weighted by atomic mass is 19.1. The zero-order valence-electron chi connectivity index (χ0n) is 9.90. The van der Waals surface area contributed by atoms with E-state index >= 15 is 0 Å². The normalized spacial score (nSPS) is 16.8. The zero-order valence-corrected chi connectivity index (χ0v) is 9.90. The molecule has 1 aliphatic heterocycles. The number of likely N-dealkylation sites (tertiary alicyclic amines) is 1. The zero-order chi connectivity index (χ0) is 13.3. The lowest BCUT2D eigenvalue weighted by atomic mass is 9.88. The third kappa shape index (κ3) is 2.18. The first-order chi connectivity index (χ1) is 8.50. The molecule has 1 fully saturated rings. The third-order valence-electron chi connectivity index (χ3n) is 3.45. The van der Waals surface area contributed by atoms with E-state index in [4.69, 9.17) is 16.6 Å². The minimum absolute atomic E-state index is 0.00324. The van der Waals surface area contributed by atoms with Crippen LogP contribution in [0.4, 0.5) is 20.6 Å². The number of amides is 1. The van der Waals surface area contributed by atoms with Gasteiger partial charge in [0.05, 0.1) is 11.4 Å². The number of carbonyl (C=O) groups is 1. The lowest BCUT2D eigenvalue weighted by Gasteiger charge is -2.30. The van der Waals surface area contributed by atoms with Gasteiger partial charge < -0.3 is 21.5 Å². The van der Waals surface area contributed by atoms with Gasteiger partial charge in [-0.1, -0.05) is 6.07 Å². The first-order valence-corrected chi connectivity index (χ1v) is 5.82. The molecule has 6 heteroatoms. The van der Waals surface area contributed by atoms with Crippen molar-refractivity contribution in [1.82, 2.24) is 4.90 Å². The summed E-state index contributed by atoms with van der Waals surface area (Å²) in [5.74, 6) is -0.465. The summed E-state index contributed by atoms with van der Waals surface area (Å²) < 4.78 is 14.0. The van der Waals surface area contributed by atoms with Crippen molar-refractivity contribution in [2.75, 3.05) is 24.6 Å². The lowest BCUT2D eigenvalue weighted by molar-refractivity contribution is 0.132. The summed E-state index contributed by atoms with van der Waals surface area (Å²) in [6, 6.07) is 3.24. The van der Waals surface area contributed by atoms with Crippen molar-refractivity contribution in [2.45, 2.75) is 18.8 Å². The Morgan fingerprint density at radius 2 is 1.94 bits per heavy atom. The average Bonchev–Trinajstić information content (AvgIpc) is 2.36. The topological polar surface area (TPSA) is 92.6 Å². The van der Waals surface area contributed by atoms with Gasteiger partial charge in [0.2, 0.25) is 0 Å². The molecular formula is C12H16FN3O2. The van der Waals surface area contributed by atoms with E-state index in [0.29, 0.717) is 31.5 Å². The highest BCUT2D eigenvalue weighted by molar-refractivity contribution is 5.66. The molecule has 1 aliphatic rings. The molecular weight excluding hydrogens is 237 g/mol. The fourth-order valence-corrected chi connectivity index (χ4v) is 2.32. The number of hydrogen-bond donors (Lipinski definition) is 3. The van der Waals surface area contributed by atoms with Crippen LogP contribution in [0.15, 0.2) is 12.1 Å². The number of carboxylic acid groups (broad SMARTS) is 1. The molecule has 98 valence electrons. The molecule has 1 aromatic rings. The van der Waals surface area contributed by atoms with Crippen LogP contribution in [0, 0.1) is 5.82 Å². The van der Waals surface area contributed by atoms with Gasteiger partial charge in [0.25, 0.3) is 0 Å². The Morgan fingerprint density at radius 3 is 2.50 bits per heavy atom. The maximum Gasteiger partial charge on any atom is 0.407 e. The molecule has 1 saturated heterocycles. The Hall–Kier alpha value is -1.98. The summed E-state index contributed by atoms with van der Waals surface area (Å²) in [7, 11) is 0. The molecule has 0 aromatic heterocycles. The van der Waals surface area contributed by atoms with Crippen molar-refractivity contribution < 1.29 is 14.3 Å². The van der Waals surface area contributed by atoms with Crippen molar-refractivity contribution >= 4 is 17.5 Å². The van der Waals surface area contributed by atoms with Crippen LogP contribution in [0.25, 0.3) is 0 Å². The molecule has 0 bridgehead atoms. The minimum atomic E-state index is -0.925. The Labute approximate surface area is 104 Å². The molecule has 18 heavy (non-hydrogen) atoms. The van der Waals surface area contributed by atoms with Crippen LogP contribution in [-0.4, -0.2) is 29.2 Å². The van der Waals surface area contributed by atoms with E-state index in [1.807, 2.05) is 0 Å². The van der Waals surface area contributed by atoms with Gasteiger partial charge in [0.15, 0.2) is 5.82 Å². The van der Waals surface area contributed by atoms with Gasteiger partial charge in [0.1, 0.15) is 0 Å². The average molecular weight is 253 g/mol. The third-order valence-corrected chi connectivity index (χ3v) is 3.45. The van der Waals surface area contributed by atoms with Crippen LogP contribution in [0.1, 0.15) is 24.3 Å². The molecule has 0 aliphatic carbocycles. The predicted molar refractivity (Wildman–Crippen MR) is 66.8 cm³/mol. The first kappa shape index (κ1) is 12.5. The molecule has 1 heterocycles. The summed E-state index contributed by atoms with van der Waals surface area (Å²) in [4.78, 5) is 12.1. The SMILES string of the molecule is Nc1ccc(C2CCN(C(=O)O)CC2)c(F)c1N. The molecule has 0 spiro atoms. The molecule has 2 rings (SSSR count). The second-order valence-corrected chi connectivity index (χ2v) is 4.52. The van der Waals surface area contributed by atoms with Crippen molar-refractivity contribution in [2.24, 2.45) is 0 Å². The van der Waals surface area contributed by atoms with Crippen molar-refractivity contribution in [1.29, 1.82) is 0 Å². The number of anilines is 2. The summed E-state index contributed by atoms with van der Waals surface area (Å²) in [5, 5.41) is 8.85. The monoisotopic (exact) mass is 253 g/mol. The molecule has 1 amide bonds. The van der Waals surface area contributed by atoms with Crippen molar-refractivity contribution in [3.05, 3.63) is 23.5 Å². The summed E-state index contributed by atoms with van der Waals surface area (Å²) in [6.07, 6.45) is 0.282. The van der Waals surface area contributed by atoms with Crippen LogP contribution in [0.3, 0.4) is 0 Å². The van der Waals surface area contributed by atoms with Gasteiger partial charge >= 0.3 is 6.09 Å². The molecule has 0 unspecified atom stereocenters. The number of nitrogens with two attached hydrogens (primary N) is 2. The molecule has 5 nitrogen and oxygen atoms in total. The Balaban J connectivity index is 2.15. The van der Waals surface area contributed by atoms with E-state index < -0.39 is 11.9 Å². The fourth-order valence-electron chi connectivity index (χ4n) is 2.32. The maximum atomic E-state index is 14.0. The standard InChI is InChI=1S/C12H16FN3O2/c13-10-8(1-2-9(14)11(10)15)7-3-5-16(6-4-7)12(17)18/h1-2,7H,3-6,14-15H2,(H,17,18). The fraction of sp³-hybridized carbons (Fsp3) is 0.417. The van der Waals surface area contributed by atoms with E-state index in [-0.39, 0.29) is 17.3 Å². The molecule has 0 radical (unpaired) electrons. The maximum absolute atomic E-state index is 14.0. The van der Waals surface area contributed by atoms with Gasteiger partial charge in [-0.2, -0.15) is 0 Å². The highest BCUT2D eigenvalue weighted by Crippen LogP contribution is 2.33. The van der Waals surface area contributed by atoms with Gasteiger partial charge in [-0.25, -0.2) is 9.18 Å². The van der Waals surface area contributed by atoms with Crippen LogP contribution in [0.2, 0.25) is 0 Å². The van der Waals surface area contributed by atoms with Gasteiger partial charge in [-0.3, -0.25) is 0 Å². The quantitative estimate of drug-likeness (QED) is 0.666. The second-order valence-electron chi connectivity index (χ2n) is 4.52. The van der Waals surface area contributed by atoms with Crippen LogP contribution in [0.5, 0.6) is 0 Å². The van der Waals surface area contributed by atoms with E-state index in [1.165, 1.54) is 4.90 Å². The van der Waals surface area contributed by atoms with Crippen LogP contribution < -0.4 is 11.5 Å². The Bertz CT molecular complexity index is 471. The number of nitrogen functional groups attached to an aromatic ring is 2. The molecule has 1 aromatic carbocycles. The number of halogens is 1. The smallest absolute Gasteiger partial charge is 0.407 e. The second kappa shape index (κ2) is 4.72. The number of nitrogens with zero attached hydrogens (tertiary/aromatic N) is 1. The Kier molecular flexibility index (Phi) is 3.27. The van der Waals surface area contributed by atoms with E-state index in [1.54, 1.807) is 12.1 Å². The van der Waals surface area contributed by atoms with E-state index in [0.717, 1.165) is 0 Å². The lowest BCUT2D eigenvalue weighted by Crippen LogP contribution is -2.37. The van der Waals surface area contributed by atoms with E-state index in [2.05, 4.69) is 0 Å². The predicted octanol–water partition coefficient (Wildman–Crippen LogP) is 1.85. The first-order valence-electron chi connectivity index (χ1n) is 5.82. The summed E-state index contributed by atoms with van der Waals surface area (Å²) in [5.41, 5.74) is 11.8. The van der Waals surface area contributed by atoms with Crippen molar-refractivity contribution in [3.8, 4) is 0 Å². The highest BCUT2D eigenvalue weighted by Gasteiger charge is 2.26. The number of rotatable bonds is 1. The summed E-state index contributed by atoms with van der Waals surface area (Å²) >= 11 is 0. The Morgan fingerprint density at radius 1 is 1.33 bits per heavy atom. The van der Waals surface area contributed by atoms with Crippen LogP contribution >= 0.6 is 0 Å². The van der Waals surface area contributed by atoms with Gasteiger partial charge in [-0.15, -0.1) is 0 Å². The number of benzene rings is 1. The van der Waals surface area contributed by atoms with E-state index in [9.17, 15) is 9.18 Å². The molecule has 0 atom stereocenters. The summed E-state index contributed by atoms with van der Waals surface area (Å²) in [6.45, 7) is 0.841. The minimum Gasteiger partial charge on any atom is -0.465 e.